The Kier molecular flexibility index (Phi) is 6.93. The predicted octanol–water partition coefficient (Wildman–Crippen LogP) is 3.13. The van der Waals surface area contributed by atoms with Crippen LogP contribution in [-0.4, -0.2) is 52.8 Å². The van der Waals surface area contributed by atoms with Crippen LogP contribution in [0.2, 0.25) is 0 Å². The maximum absolute atomic E-state index is 12.6. The first-order valence-electron chi connectivity index (χ1n) is 10.7. The maximum atomic E-state index is 12.6. The maximum Gasteiger partial charge on any atom is 0.338 e. The molecule has 0 atom stereocenters. The molecule has 1 fully saturated rings. The second-order valence-corrected chi connectivity index (χ2v) is 8.77. The normalized spacial score (nSPS) is 13.7. The molecule has 0 unspecified atom stereocenters. The molecule has 0 radical (unpaired) electrons. The van der Waals surface area contributed by atoms with Gasteiger partial charge in [-0.2, -0.15) is 0 Å². The van der Waals surface area contributed by atoms with Crippen LogP contribution in [-0.2, 0) is 9.53 Å². The first kappa shape index (κ1) is 22.8. The summed E-state index contributed by atoms with van der Waals surface area (Å²) in [6.45, 7) is 3.83. The molecule has 2 aromatic heterocycles. The van der Waals surface area contributed by atoms with E-state index in [0.29, 0.717) is 11.4 Å². The summed E-state index contributed by atoms with van der Waals surface area (Å²) in [4.78, 5) is 50.6. The fourth-order valence-corrected chi connectivity index (χ4v) is 4.48. The second kappa shape index (κ2) is 10.0. The molecule has 0 bridgehead atoms. The van der Waals surface area contributed by atoms with Crippen molar-refractivity contribution in [2.24, 2.45) is 0 Å². The highest BCUT2D eigenvalue weighted by molar-refractivity contribution is 7.99. The number of carbonyl (C=O) groups is 2. The van der Waals surface area contributed by atoms with Crippen molar-refractivity contribution in [1.82, 2.24) is 15.0 Å². The molecule has 4 rings (SSSR count). The number of piperidine rings is 1. The molecule has 1 aliphatic rings. The number of esters is 1. The Morgan fingerprint density at radius 2 is 1.88 bits per heavy atom. The number of carbonyl (C=O) groups excluding carboxylic acids is 2. The van der Waals surface area contributed by atoms with Crippen molar-refractivity contribution in [1.29, 1.82) is 0 Å². The Hall–Kier alpha value is -3.40. The Labute approximate surface area is 195 Å². The summed E-state index contributed by atoms with van der Waals surface area (Å²) in [5.74, 6) is -0.803. The Morgan fingerprint density at radius 3 is 2.58 bits per heavy atom. The fourth-order valence-electron chi connectivity index (χ4n) is 3.82. The number of aromatic nitrogens is 3. The van der Waals surface area contributed by atoms with Gasteiger partial charge in [-0.3, -0.25) is 9.59 Å². The van der Waals surface area contributed by atoms with Crippen molar-refractivity contribution in [2.45, 2.75) is 31.3 Å². The lowest BCUT2D eigenvalue weighted by Crippen LogP contribution is -2.29. The van der Waals surface area contributed by atoms with E-state index in [1.165, 1.54) is 32.4 Å². The average Bonchev–Trinajstić information content (AvgIpc) is 2.82. The van der Waals surface area contributed by atoms with E-state index in [0.717, 1.165) is 30.5 Å². The Bertz CT molecular complexity index is 1240. The van der Waals surface area contributed by atoms with Gasteiger partial charge in [0.1, 0.15) is 0 Å². The third-order valence-electron chi connectivity index (χ3n) is 5.40. The topological polar surface area (TPSA) is 117 Å². The SMILES string of the molecule is COC(=O)c1cc(C)nc2nc(SCC(=O)Nc3ccc(N4CCCCC4)cc3)[nH]c(=O)c12. The van der Waals surface area contributed by atoms with E-state index in [1.54, 1.807) is 6.92 Å². The van der Waals surface area contributed by atoms with Crippen molar-refractivity contribution in [2.75, 3.05) is 36.2 Å². The summed E-state index contributed by atoms with van der Waals surface area (Å²) in [6, 6.07) is 9.31. The number of rotatable bonds is 6. The summed E-state index contributed by atoms with van der Waals surface area (Å²) >= 11 is 1.09. The summed E-state index contributed by atoms with van der Waals surface area (Å²) in [6.07, 6.45) is 3.70. The zero-order valence-electron chi connectivity index (χ0n) is 18.5. The number of hydrogen-bond acceptors (Lipinski definition) is 8. The number of thioether (sulfide) groups is 1. The lowest BCUT2D eigenvalue weighted by molar-refractivity contribution is -0.113. The molecule has 9 nitrogen and oxygen atoms in total. The molecular formula is C23H25N5O4S. The molecule has 1 aromatic carbocycles. The summed E-state index contributed by atoms with van der Waals surface area (Å²) in [5, 5.41) is 3.17. The Morgan fingerprint density at radius 1 is 1.15 bits per heavy atom. The highest BCUT2D eigenvalue weighted by Gasteiger charge is 2.18. The zero-order chi connectivity index (χ0) is 23.4. The summed E-state index contributed by atoms with van der Waals surface area (Å²) in [5.41, 5.74) is 2.13. The number of pyridine rings is 1. The molecule has 2 N–H and O–H groups in total. The number of aryl methyl sites for hydroxylation is 1. The van der Waals surface area contributed by atoms with Crippen LogP contribution < -0.4 is 15.8 Å². The number of H-pyrrole nitrogens is 1. The fraction of sp³-hybridized carbons (Fsp3) is 0.348. The van der Waals surface area contributed by atoms with Crippen LogP contribution in [0.1, 0.15) is 35.3 Å². The minimum absolute atomic E-state index is 0.0536. The predicted molar refractivity (Wildman–Crippen MR) is 128 cm³/mol. The van der Waals surface area contributed by atoms with Gasteiger partial charge in [-0.25, -0.2) is 14.8 Å². The number of nitrogens with one attached hydrogen (secondary N) is 2. The van der Waals surface area contributed by atoms with Crippen molar-refractivity contribution in [3.8, 4) is 0 Å². The van der Waals surface area contributed by atoms with Gasteiger partial charge < -0.3 is 19.9 Å². The van der Waals surface area contributed by atoms with Gasteiger partial charge in [0.25, 0.3) is 5.56 Å². The first-order chi connectivity index (χ1) is 15.9. The van der Waals surface area contributed by atoms with Crippen LogP contribution in [0.5, 0.6) is 0 Å². The Balaban J connectivity index is 1.42. The van der Waals surface area contributed by atoms with Gasteiger partial charge in [0, 0.05) is 30.2 Å². The molecular weight excluding hydrogens is 442 g/mol. The standard InChI is InChI=1S/C23H25N5O4S/c1-14-12-17(22(31)32-2)19-20(24-14)26-23(27-21(19)30)33-13-18(29)25-15-6-8-16(9-7-15)28-10-4-3-5-11-28/h6-9,12H,3-5,10-11,13H2,1-2H3,(H,25,29)(H,24,26,27,30). The largest absolute Gasteiger partial charge is 0.465 e. The summed E-state index contributed by atoms with van der Waals surface area (Å²) in [7, 11) is 1.25. The number of amides is 1. The van der Waals surface area contributed by atoms with Crippen LogP contribution in [0, 0.1) is 6.92 Å². The van der Waals surface area contributed by atoms with E-state index in [-0.39, 0.29) is 33.4 Å². The van der Waals surface area contributed by atoms with Crippen LogP contribution >= 0.6 is 11.8 Å². The molecule has 3 heterocycles. The first-order valence-corrected chi connectivity index (χ1v) is 11.7. The number of benzene rings is 1. The molecule has 3 aromatic rings. The highest BCUT2D eigenvalue weighted by atomic mass is 32.2. The molecule has 0 saturated carbocycles. The smallest absolute Gasteiger partial charge is 0.338 e. The molecule has 172 valence electrons. The van der Waals surface area contributed by atoms with Crippen molar-refractivity contribution < 1.29 is 14.3 Å². The molecule has 33 heavy (non-hydrogen) atoms. The number of fused-ring (bicyclic) bond motifs is 1. The molecule has 1 amide bonds. The second-order valence-electron chi connectivity index (χ2n) is 7.80. The van der Waals surface area contributed by atoms with Gasteiger partial charge >= 0.3 is 5.97 Å². The number of ether oxygens (including phenoxy) is 1. The van der Waals surface area contributed by atoms with E-state index in [4.69, 9.17) is 4.74 Å². The van der Waals surface area contributed by atoms with E-state index in [2.05, 4.69) is 25.2 Å². The lowest BCUT2D eigenvalue weighted by Gasteiger charge is -2.28. The summed E-state index contributed by atoms with van der Waals surface area (Å²) < 4.78 is 4.75. The monoisotopic (exact) mass is 467 g/mol. The van der Waals surface area contributed by atoms with Crippen LogP contribution in [0.25, 0.3) is 11.0 Å². The van der Waals surface area contributed by atoms with Gasteiger partial charge in [-0.1, -0.05) is 11.8 Å². The highest BCUT2D eigenvalue weighted by Crippen LogP contribution is 2.22. The van der Waals surface area contributed by atoms with Crippen LogP contribution in [0.3, 0.4) is 0 Å². The third kappa shape index (κ3) is 5.33. The van der Waals surface area contributed by atoms with Gasteiger partial charge in [0.15, 0.2) is 10.8 Å². The average molecular weight is 468 g/mol. The molecule has 1 aliphatic heterocycles. The van der Waals surface area contributed by atoms with E-state index < -0.39 is 11.5 Å². The molecule has 0 spiro atoms. The third-order valence-corrected chi connectivity index (χ3v) is 6.27. The number of nitrogens with zero attached hydrogens (tertiary/aromatic N) is 3. The van der Waals surface area contributed by atoms with Crippen LogP contribution in [0.4, 0.5) is 11.4 Å². The number of hydrogen-bond donors (Lipinski definition) is 2. The quantitative estimate of drug-likeness (QED) is 0.323. The van der Waals surface area contributed by atoms with E-state index in [9.17, 15) is 14.4 Å². The number of anilines is 2. The zero-order valence-corrected chi connectivity index (χ0v) is 19.3. The van der Waals surface area contributed by atoms with Crippen molar-refractivity contribution >= 4 is 46.0 Å². The minimum Gasteiger partial charge on any atom is -0.465 e. The minimum atomic E-state index is -0.635. The molecule has 0 aliphatic carbocycles. The lowest BCUT2D eigenvalue weighted by atomic mass is 10.1. The number of aromatic amines is 1. The number of methoxy groups -OCH3 is 1. The van der Waals surface area contributed by atoms with Crippen molar-refractivity contribution in [3.05, 3.63) is 51.9 Å². The van der Waals surface area contributed by atoms with Gasteiger partial charge in [0.2, 0.25) is 5.91 Å². The molecule has 10 heteroatoms. The van der Waals surface area contributed by atoms with Crippen molar-refractivity contribution in [3.63, 3.8) is 0 Å². The molecule has 1 saturated heterocycles. The van der Waals surface area contributed by atoms with Gasteiger partial charge in [0.05, 0.1) is 23.8 Å². The van der Waals surface area contributed by atoms with Gasteiger partial charge in [-0.15, -0.1) is 0 Å². The van der Waals surface area contributed by atoms with Crippen LogP contribution in [0.15, 0.2) is 40.3 Å². The van der Waals surface area contributed by atoms with Gasteiger partial charge in [-0.05, 0) is 56.5 Å². The van der Waals surface area contributed by atoms with E-state index >= 15 is 0 Å². The van der Waals surface area contributed by atoms with E-state index in [1.807, 2.05) is 24.3 Å².